The van der Waals surface area contributed by atoms with Gasteiger partial charge in [-0.15, -0.1) is 0 Å². The molecule has 0 radical (unpaired) electrons. The Bertz CT molecular complexity index is 453. The van der Waals surface area contributed by atoms with Gasteiger partial charge in [-0.2, -0.15) is 0 Å². The Hall–Kier alpha value is -1.88. The summed E-state index contributed by atoms with van der Waals surface area (Å²) in [7, 11) is 1.48. The second kappa shape index (κ2) is 7.65. The minimum atomic E-state index is -0.119. The zero-order valence-corrected chi connectivity index (χ0v) is 12.2. The number of aliphatic hydroxyl groups is 1. The monoisotopic (exact) mass is 278 g/mol. The van der Waals surface area contributed by atoms with Crippen molar-refractivity contribution in [1.82, 2.24) is 5.32 Å². The number of nitrogens with zero attached hydrogens (tertiary/aromatic N) is 1. The third kappa shape index (κ3) is 5.40. The fourth-order valence-corrected chi connectivity index (χ4v) is 1.65. The number of benzene rings is 1. The van der Waals surface area contributed by atoms with Gasteiger partial charge in [0.05, 0.1) is 6.21 Å². The first-order chi connectivity index (χ1) is 9.48. The molecule has 20 heavy (non-hydrogen) atoms. The Morgan fingerprint density at radius 3 is 2.60 bits per heavy atom. The van der Waals surface area contributed by atoms with Crippen LogP contribution >= 0.6 is 0 Å². The van der Waals surface area contributed by atoms with Gasteiger partial charge in [0.25, 0.3) is 5.91 Å². The second-order valence-electron chi connectivity index (χ2n) is 5.36. The van der Waals surface area contributed by atoms with Crippen LogP contribution in [-0.2, 0) is 4.84 Å². The summed E-state index contributed by atoms with van der Waals surface area (Å²) in [5, 5.41) is 15.5. The predicted octanol–water partition coefficient (Wildman–Crippen LogP) is 1.81. The Labute approximate surface area is 119 Å². The van der Waals surface area contributed by atoms with Crippen LogP contribution in [0, 0.1) is 5.41 Å². The Morgan fingerprint density at radius 2 is 2.05 bits per heavy atom. The molecule has 0 fully saturated rings. The lowest BCUT2D eigenvalue weighted by Crippen LogP contribution is -2.34. The molecule has 1 aromatic carbocycles. The summed E-state index contributed by atoms with van der Waals surface area (Å²) in [6, 6.07) is 7.09. The van der Waals surface area contributed by atoms with Gasteiger partial charge in [0.1, 0.15) is 7.11 Å². The van der Waals surface area contributed by atoms with Gasteiger partial charge in [-0.05, 0) is 29.5 Å². The van der Waals surface area contributed by atoms with E-state index in [-0.39, 0.29) is 17.9 Å². The molecular formula is C15H22N2O3. The minimum absolute atomic E-state index is 0.116. The van der Waals surface area contributed by atoms with Gasteiger partial charge in [-0.1, -0.05) is 31.1 Å². The largest absolute Gasteiger partial charge is 0.399 e. The van der Waals surface area contributed by atoms with E-state index >= 15 is 0 Å². The van der Waals surface area contributed by atoms with Crippen LogP contribution in [0.15, 0.2) is 29.4 Å². The third-order valence-electron chi connectivity index (χ3n) is 3.00. The summed E-state index contributed by atoms with van der Waals surface area (Å²) in [5.41, 5.74) is 1.35. The number of nitrogens with one attached hydrogen (secondary N) is 1. The van der Waals surface area contributed by atoms with E-state index in [0.29, 0.717) is 18.5 Å². The number of hydrogen-bond acceptors (Lipinski definition) is 4. The van der Waals surface area contributed by atoms with Crippen molar-refractivity contribution < 1.29 is 14.7 Å². The molecule has 0 aromatic heterocycles. The lowest BCUT2D eigenvalue weighted by atomic mass is 9.89. The number of hydrogen-bond donors (Lipinski definition) is 2. The van der Waals surface area contributed by atoms with Crippen LogP contribution in [0.1, 0.15) is 36.2 Å². The SMILES string of the molecule is CO/N=C/c1ccc(C(=O)NCC(C)(C)CCO)cc1. The first kappa shape index (κ1) is 16.2. The lowest BCUT2D eigenvalue weighted by molar-refractivity contribution is 0.0928. The molecule has 0 unspecified atom stereocenters. The Balaban J connectivity index is 2.58. The third-order valence-corrected chi connectivity index (χ3v) is 3.00. The van der Waals surface area contributed by atoms with Crippen LogP contribution in [0.25, 0.3) is 0 Å². The van der Waals surface area contributed by atoms with Crippen molar-refractivity contribution in [1.29, 1.82) is 0 Å². The summed E-state index contributed by atoms with van der Waals surface area (Å²) >= 11 is 0. The van der Waals surface area contributed by atoms with Gasteiger partial charge in [0.15, 0.2) is 0 Å². The van der Waals surface area contributed by atoms with Gasteiger partial charge in [0.2, 0.25) is 0 Å². The second-order valence-corrected chi connectivity index (χ2v) is 5.36. The maximum atomic E-state index is 12.0. The Kier molecular flexibility index (Phi) is 6.18. The molecule has 5 heteroatoms. The van der Waals surface area contributed by atoms with Crippen molar-refractivity contribution in [3.8, 4) is 0 Å². The zero-order valence-electron chi connectivity index (χ0n) is 12.2. The number of aliphatic hydroxyl groups excluding tert-OH is 1. The molecule has 0 spiro atoms. The highest BCUT2D eigenvalue weighted by Gasteiger charge is 2.18. The van der Waals surface area contributed by atoms with E-state index in [1.54, 1.807) is 30.5 Å². The smallest absolute Gasteiger partial charge is 0.251 e. The molecule has 0 saturated heterocycles. The van der Waals surface area contributed by atoms with Crippen LogP contribution in [0.5, 0.6) is 0 Å². The van der Waals surface area contributed by atoms with Crippen LogP contribution in [0.4, 0.5) is 0 Å². The van der Waals surface area contributed by atoms with Gasteiger partial charge in [-0.25, -0.2) is 0 Å². The summed E-state index contributed by atoms with van der Waals surface area (Å²) in [5.74, 6) is -0.119. The highest BCUT2D eigenvalue weighted by molar-refractivity contribution is 5.95. The van der Waals surface area contributed by atoms with Crippen molar-refractivity contribution >= 4 is 12.1 Å². The van der Waals surface area contributed by atoms with E-state index in [0.717, 1.165) is 5.56 Å². The number of oxime groups is 1. The summed E-state index contributed by atoms with van der Waals surface area (Å²) in [4.78, 5) is 16.6. The highest BCUT2D eigenvalue weighted by atomic mass is 16.6. The van der Waals surface area contributed by atoms with Crippen molar-refractivity contribution in [2.75, 3.05) is 20.3 Å². The van der Waals surface area contributed by atoms with Crippen LogP contribution in [0.2, 0.25) is 0 Å². The first-order valence-electron chi connectivity index (χ1n) is 6.54. The van der Waals surface area contributed by atoms with Crippen LogP contribution < -0.4 is 5.32 Å². The predicted molar refractivity (Wildman–Crippen MR) is 78.9 cm³/mol. The maximum Gasteiger partial charge on any atom is 0.251 e. The number of rotatable bonds is 7. The molecule has 0 bridgehead atoms. The quantitative estimate of drug-likeness (QED) is 0.590. The molecule has 0 aliphatic carbocycles. The van der Waals surface area contributed by atoms with Gasteiger partial charge < -0.3 is 15.3 Å². The van der Waals surface area contributed by atoms with E-state index < -0.39 is 0 Å². The molecule has 0 saturated carbocycles. The van der Waals surface area contributed by atoms with Gasteiger partial charge in [0, 0.05) is 18.7 Å². The minimum Gasteiger partial charge on any atom is -0.399 e. The standard InChI is InChI=1S/C15H22N2O3/c1-15(2,8-9-18)11-16-14(19)13-6-4-12(5-7-13)10-17-20-3/h4-7,10,18H,8-9,11H2,1-3H3,(H,16,19)/b17-10+. The molecule has 0 atom stereocenters. The maximum absolute atomic E-state index is 12.0. The average Bonchev–Trinajstić information content (AvgIpc) is 2.43. The van der Waals surface area contributed by atoms with E-state index in [1.807, 2.05) is 13.8 Å². The molecule has 5 nitrogen and oxygen atoms in total. The van der Waals surface area contributed by atoms with Gasteiger partial charge >= 0.3 is 0 Å². The summed E-state index contributed by atoms with van der Waals surface area (Å²) in [6.45, 7) is 4.66. The van der Waals surface area contributed by atoms with Crippen LogP contribution in [0.3, 0.4) is 0 Å². The number of carbonyl (C=O) groups is 1. The van der Waals surface area contributed by atoms with Crippen molar-refractivity contribution in [2.24, 2.45) is 10.6 Å². The molecular weight excluding hydrogens is 256 g/mol. The number of amides is 1. The Morgan fingerprint density at radius 1 is 1.40 bits per heavy atom. The normalized spacial score (nSPS) is 11.6. The lowest BCUT2D eigenvalue weighted by Gasteiger charge is -2.23. The fourth-order valence-electron chi connectivity index (χ4n) is 1.65. The van der Waals surface area contributed by atoms with E-state index in [1.165, 1.54) is 7.11 Å². The molecule has 1 aromatic rings. The van der Waals surface area contributed by atoms with Crippen molar-refractivity contribution in [3.05, 3.63) is 35.4 Å². The topological polar surface area (TPSA) is 70.9 Å². The van der Waals surface area contributed by atoms with Crippen molar-refractivity contribution in [2.45, 2.75) is 20.3 Å². The summed E-state index contributed by atoms with van der Waals surface area (Å²) in [6.07, 6.45) is 2.23. The van der Waals surface area contributed by atoms with E-state index in [2.05, 4.69) is 15.3 Å². The van der Waals surface area contributed by atoms with Crippen LogP contribution in [-0.4, -0.2) is 37.5 Å². The fraction of sp³-hybridized carbons (Fsp3) is 0.467. The molecule has 2 N–H and O–H groups in total. The molecule has 0 aliphatic rings. The van der Waals surface area contributed by atoms with E-state index in [4.69, 9.17) is 5.11 Å². The van der Waals surface area contributed by atoms with Gasteiger partial charge in [-0.3, -0.25) is 4.79 Å². The molecule has 0 heterocycles. The molecule has 0 aliphatic heterocycles. The first-order valence-corrected chi connectivity index (χ1v) is 6.54. The van der Waals surface area contributed by atoms with Crippen molar-refractivity contribution in [3.63, 3.8) is 0 Å². The molecule has 1 rings (SSSR count). The molecule has 1 amide bonds. The molecule has 110 valence electrons. The van der Waals surface area contributed by atoms with E-state index in [9.17, 15) is 4.79 Å². The zero-order chi connectivity index (χ0) is 15.0. The average molecular weight is 278 g/mol. The summed E-state index contributed by atoms with van der Waals surface area (Å²) < 4.78 is 0. The number of carbonyl (C=O) groups excluding carboxylic acids is 1. The highest BCUT2D eigenvalue weighted by Crippen LogP contribution is 2.18.